The first kappa shape index (κ1) is 18.3. The average molecular weight is 373 g/mol. The van der Waals surface area contributed by atoms with Crippen molar-refractivity contribution in [3.05, 3.63) is 41.5 Å². The minimum atomic E-state index is 0.410. The van der Waals surface area contributed by atoms with Gasteiger partial charge in [-0.05, 0) is 29.8 Å². The Morgan fingerprint density at radius 2 is 2.04 bits per heavy atom. The molecule has 0 saturated carbocycles. The Hall–Kier alpha value is -2.45. The van der Waals surface area contributed by atoms with Crippen LogP contribution in [0.15, 0.2) is 30.3 Å². The van der Waals surface area contributed by atoms with E-state index in [1.165, 1.54) is 11.1 Å². The molecule has 0 radical (unpaired) electrons. The van der Waals surface area contributed by atoms with Crippen LogP contribution < -0.4 is 20.3 Å². The number of thiocarbonyl (C=S) groups is 1. The molecule has 8 heteroatoms. The van der Waals surface area contributed by atoms with E-state index in [1.54, 1.807) is 14.2 Å². The van der Waals surface area contributed by atoms with Crippen LogP contribution in [0.1, 0.15) is 11.1 Å². The third-order valence-electron chi connectivity index (χ3n) is 4.17. The van der Waals surface area contributed by atoms with Crippen LogP contribution in [0.3, 0.4) is 0 Å². The van der Waals surface area contributed by atoms with Crippen molar-refractivity contribution in [2.24, 2.45) is 0 Å². The lowest BCUT2D eigenvalue weighted by molar-refractivity contribution is 0.204. The number of hydrogen-bond donors (Lipinski definition) is 2. The van der Waals surface area contributed by atoms with Crippen LogP contribution in [0.25, 0.3) is 0 Å². The first-order chi connectivity index (χ1) is 12.7. The van der Waals surface area contributed by atoms with Crippen molar-refractivity contribution in [2.75, 3.05) is 44.1 Å². The van der Waals surface area contributed by atoms with E-state index >= 15 is 0 Å². The standard InChI is InChI=1S/C18H23N5O2S/c1-24-10-8-19-18(26)22-17-20-15(11-16(21-17)25-2)23-9-7-13-5-3-4-6-14(13)12-23/h3-6,11H,7-10,12H2,1-2H3,(H2,19,20,21,22,26). The first-order valence-electron chi connectivity index (χ1n) is 8.48. The van der Waals surface area contributed by atoms with Gasteiger partial charge in [-0.1, -0.05) is 24.3 Å². The highest BCUT2D eigenvalue weighted by molar-refractivity contribution is 7.80. The lowest BCUT2D eigenvalue weighted by Gasteiger charge is -2.30. The third-order valence-corrected chi connectivity index (χ3v) is 4.42. The molecular formula is C18H23N5O2S. The van der Waals surface area contributed by atoms with Crippen molar-refractivity contribution >= 4 is 29.1 Å². The number of benzene rings is 1. The van der Waals surface area contributed by atoms with Crippen molar-refractivity contribution in [3.63, 3.8) is 0 Å². The minimum Gasteiger partial charge on any atom is -0.481 e. The van der Waals surface area contributed by atoms with Gasteiger partial charge in [0.15, 0.2) is 5.11 Å². The number of fused-ring (bicyclic) bond motifs is 1. The monoisotopic (exact) mass is 373 g/mol. The van der Waals surface area contributed by atoms with Crippen LogP contribution in [0.4, 0.5) is 11.8 Å². The van der Waals surface area contributed by atoms with Gasteiger partial charge in [0.25, 0.3) is 0 Å². The normalized spacial score (nSPS) is 13.1. The molecule has 0 spiro atoms. The van der Waals surface area contributed by atoms with Crippen molar-refractivity contribution in [1.82, 2.24) is 15.3 Å². The van der Waals surface area contributed by atoms with Crippen molar-refractivity contribution in [3.8, 4) is 5.88 Å². The van der Waals surface area contributed by atoms with Crippen LogP contribution in [0, 0.1) is 0 Å². The molecule has 1 aliphatic rings. The summed E-state index contributed by atoms with van der Waals surface area (Å²) in [7, 11) is 3.24. The zero-order chi connectivity index (χ0) is 18.4. The van der Waals surface area contributed by atoms with Gasteiger partial charge in [0.1, 0.15) is 5.82 Å². The van der Waals surface area contributed by atoms with Gasteiger partial charge in [0.05, 0.1) is 13.7 Å². The van der Waals surface area contributed by atoms with E-state index in [0.29, 0.717) is 30.1 Å². The van der Waals surface area contributed by atoms with E-state index < -0.39 is 0 Å². The number of aromatic nitrogens is 2. The van der Waals surface area contributed by atoms with Crippen molar-refractivity contribution in [1.29, 1.82) is 0 Å². The molecule has 1 aliphatic heterocycles. The van der Waals surface area contributed by atoms with Crippen LogP contribution >= 0.6 is 12.2 Å². The highest BCUT2D eigenvalue weighted by Crippen LogP contribution is 2.26. The maximum atomic E-state index is 5.33. The van der Waals surface area contributed by atoms with Crippen LogP contribution in [-0.4, -0.2) is 49.0 Å². The smallest absolute Gasteiger partial charge is 0.234 e. The number of nitrogens with one attached hydrogen (secondary N) is 2. The summed E-state index contributed by atoms with van der Waals surface area (Å²) >= 11 is 5.27. The predicted molar refractivity (Wildman–Crippen MR) is 106 cm³/mol. The van der Waals surface area contributed by atoms with Gasteiger partial charge < -0.3 is 25.0 Å². The Morgan fingerprint density at radius 1 is 1.23 bits per heavy atom. The van der Waals surface area contributed by atoms with E-state index in [-0.39, 0.29) is 0 Å². The molecule has 0 saturated heterocycles. The molecule has 1 aromatic heterocycles. The van der Waals surface area contributed by atoms with Crippen molar-refractivity contribution in [2.45, 2.75) is 13.0 Å². The molecule has 0 atom stereocenters. The molecule has 7 nitrogen and oxygen atoms in total. The molecule has 3 rings (SSSR count). The Labute approximate surface area is 158 Å². The second-order valence-electron chi connectivity index (χ2n) is 5.91. The number of rotatable bonds is 6. The fourth-order valence-electron chi connectivity index (χ4n) is 2.84. The fourth-order valence-corrected chi connectivity index (χ4v) is 3.03. The number of ether oxygens (including phenoxy) is 2. The van der Waals surface area contributed by atoms with Gasteiger partial charge in [-0.25, -0.2) is 0 Å². The van der Waals surface area contributed by atoms with E-state index in [4.69, 9.17) is 21.7 Å². The van der Waals surface area contributed by atoms with E-state index in [1.807, 2.05) is 6.07 Å². The Kier molecular flexibility index (Phi) is 6.19. The zero-order valence-electron chi connectivity index (χ0n) is 15.0. The summed E-state index contributed by atoms with van der Waals surface area (Å²) in [6.07, 6.45) is 0.988. The van der Waals surface area contributed by atoms with Gasteiger partial charge in [0, 0.05) is 32.8 Å². The summed E-state index contributed by atoms with van der Waals surface area (Å²) in [6.45, 7) is 2.89. The second-order valence-corrected chi connectivity index (χ2v) is 6.31. The minimum absolute atomic E-state index is 0.410. The molecule has 2 aromatic rings. The molecule has 1 aromatic carbocycles. The summed E-state index contributed by atoms with van der Waals surface area (Å²) < 4.78 is 10.3. The van der Waals surface area contributed by atoms with Gasteiger partial charge in [0.2, 0.25) is 11.8 Å². The average Bonchev–Trinajstić information content (AvgIpc) is 2.67. The van der Waals surface area contributed by atoms with Crippen LogP contribution in [-0.2, 0) is 17.7 Å². The molecule has 138 valence electrons. The molecule has 0 amide bonds. The quantitative estimate of drug-likeness (QED) is 0.588. The number of hydrogen-bond acceptors (Lipinski definition) is 6. The van der Waals surface area contributed by atoms with Gasteiger partial charge in [-0.2, -0.15) is 9.97 Å². The van der Waals surface area contributed by atoms with Gasteiger partial charge in [-0.3, -0.25) is 0 Å². The maximum Gasteiger partial charge on any atom is 0.234 e. The van der Waals surface area contributed by atoms with Crippen LogP contribution in [0.2, 0.25) is 0 Å². The molecule has 0 bridgehead atoms. The maximum absolute atomic E-state index is 5.33. The fraction of sp³-hybridized carbons (Fsp3) is 0.389. The molecule has 2 heterocycles. The molecule has 26 heavy (non-hydrogen) atoms. The van der Waals surface area contributed by atoms with E-state index in [9.17, 15) is 0 Å². The molecule has 2 N–H and O–H groups in total. The second kappa shape index (κ2) is 8.77. The largest absolute Gasteiger partial charge is 0.481 e. The lowest BCUT2D eigenvalue weighted by Crippen LogP contribution is -2.33. The highest BCUT2D eigenvalue weighted by Gasteiger charge is 2.19. The zero-order valence-corrected chi connectivity index (χ0v) is 15.8. The summed E-state index contributed by atoms with van der Waals surface area (Å²) in [5, 5.41) is 6.50. The SMILES string of the molecule is COCCNC(=S)Nc1nc(OC)cc(N2CCc3ccccc3C2)n1. The summed E-state index contributed by atoms with van der Waals surface area (Å²) in [5.41, 5.74) is 2.72. The van der Waals surface area contributed by atoms with E-state index in [0.717, 1.165) is 25.3 Å². The number of nitrogens with zero attached hydrogens (tertiary/aromatic N) is 3. The Morgan fingerprint density at radius 3 is 2.81 bits per heavy atom. The first-order valence-corrected chi connectivity index (χ1v) is 8.89. The summed E-state index contributed by atoms with van der Waals surface area (Å²) in [6, 6.07) is 10.3. The van der Waals surface area contributed by atoms with Gasteiger partial charge in [-0.15, -0.1) is 0 Å². The van der Waals surface area contributed by atoms with E-state index in [2.05, 4.69) is 49.8 Å². The van der Waals surface area contributed by atoms with Crippen molar-refractivity contribution < 1.29 is 9.47 Å². The Bertz CT molecular complexity index is 771. The Balaban J connectivity index is 1.74. The third kappa shape index (κ3) is 4.59. The number of methoxy groups -OCH3 is 2. The topological polar surface area (TPSA) is 71.5 Å². The molecular weight excluding hydrogens is 350 g/mol. The van der Waals surface area contributed by atoms with Crippen LogP contribution in [0.5, 0.6) is 5.88 Å². The predicted octanol–water partition coefficient (Wildman–Crippen LogP) is 1.98. The molecule has 0 aliphatic carbocycles. The summed E-state index contributed by atoms with van der Waals surface area (Å²) in [4.78, 5) is 11.2. The lowest BCUT2D eigenvalue weighted by atomic mass is 10.00. The molecule has 0 unspecified atom stereocenters. The van der Waals surface area contributed by atoms with Gasteiger partial charge >= 0.3 is 0 Å². The summed E-state index contributed by atoms with van der Waals surface area (Å²) in [5.74, 6) is 1.72. The highest BCUT2D eigenvalue weighted by atomic mass is 32.1. The number of anilines is 2. The molecule has 0 fully saturated rings.